The summed E-state index contributed by atoms with van der Waals surface area (Å²) in [5.41, 5.74) is 1.46. The molecule has 0 N–H and O–H groups in total. The third kappa shape index (κ3) is 3.17. The molecule has 3 rings (SSSR count). The molecule has 0 radical (unpaired) electrons. The molecule has 136 valence electrons. The van der Waals surface area contributed by atoms with E-state index in [1.165, 1.54) is 4.90 Å². The Kier molecular flexibility index (Phi) is 4.62. The number of aryl methyl sites for hydroxylation is 1. The third-order valence-electron chi connectivity index (χ3n) is 5.42. The van der Waals surface area contributed by atoms with Gasteiger partial charge in [0.1, 0.15) is 0 Å². The van der Waals surface area contributed by atoms with Crippen LogP contribution in [0.3, 0.4) is 0 Å². The number of carbonyl (C=O) groups is 2. The van der Waals surface area contributed by atoms with E-state index in [1.54, 1.807) is 31.1 Å². The van der Waals surface area contributed by atoms with E-state index >= 15 is 0 Å². The fraction of sp³-hybridized carbons (Fsp3) is 0.556. The van der Waals surface area contributed by atoms with E-state index in [0.29, 0.717) is 18.5 Å². The van der Waals surface area contributed by atoms with Crippen LogP contribution in [0.2, 0.25) is 0 Å². The molecular formula is C18H24N2O4S. The zero-order valence-electron chi connectivity index (χ0n) is 14.8. The van der Waals surface area contributed by atoms with E-state index in [4.69, 9.17) is 0 Å². The van der Waals surface area contributed by atoms with Gasteiger partial charge in [0, 0.05) is 44.6 Å². The van der Waals surface area contributed by atoms with Crippen molar-refractivity contribution >= 4 is 21.7 Å². The molecule has 2 aliphatic heterocycles. The number of fused-ring (bicyclic) bond motifs is 1. The van der Waals surface area contributed by atoms with E-state index in [1.807, 2.05) is 19.1 Å². The Morgan fingerprint density at radius 2 is 1.84 bits per heavy atom. The topological polar surface area (TPSA) is 74.8 Å². The Labute approximate surface area is 148 Å². The molecule has 0 aromatic heterocycles. The minimum absolute atomic E-state index is 0.0187. The van der Waals surface area contributed by atoms with Crippen molar-refractivity contribution in [3.8, 4) is 0 Å². The first-order valence-corrected chi connectivity index (χ1v) is 10.2. The maximum Gasteiger partial charge on any atom is 0.254 e. The minimum Gasteiger partial charge on any atom is -0.349 e. The minimum atomic E-state index is -3.28. The lowest BCUT2D eigenvalue weighted by Crippen LogP contribution is -2.46. The van der Waals surface area contributed by atoms with Gasteiger partial charge in [0.25, 0.3) is 5.91 Å². The van der Waals surface area contributed by atoms with Crippen LogP contribution in [0.5, 0.6) is 0 Å². The van der Waals surface area contributed by atoms with Crippen molar-refractivity contribution in [3.63, 3.8) is 0 Å². The van der Waals surface area contributed by atoms with Gasteiger partial charge in [0.15, 0.2) is 9.84 Å². The summed E-state index contributed by atoms with van der Waals surface area (Å²) in [4.78, 5) is 28.5. The number of likely N-dealkylation sites (tertiary alicyclic amines) is 1. The summed E-state index contributed by atoms with van der Waals surface area (Å²) < 4.78 is 25.0. The van der Waals surface area contributed by atoms with Crippen LogP contribution < -0.4 is 0 Å². The lowest BCUT2D eigenvalue weighted by atomic mass is 9.87. The zero-order valence-corrected chi connectivity index (χ0v) is 15.6. The highest BCUT2D eigenvalue weighted by molar-refractivity contribution is 7.92. The SMILES string of the molecule is Cc1ccccc1C(=O)N1C[C@@H]2[C@@H](C(=O)N(C)C)CCS(=O)(=O)[C@@H]2C1. The first-order valence-electron chi connectivity index (χ1n) is 8.50. The molecule has 2 saturated heterocycles. The van der Waals surface area contributed by atoms with E-state index in [2.05, 4.69) is 0 Å². The molecule has 0 spiro atoms. The van der Waals surface area contributed by atoms with Gasteiger partial charge in [-0.3, -0.25) is 9.59 Å². The quantitative estimate of drug-likeness (QED) is 0.783. The Hall–Kier alpha value is -1.89. The van der Waals surface area contributed by atoms with Gasteiger partial charge in [-0.05, 0) is 25.0 Å². The highest BCUT2D eigenvalue weighted by Gasteiger charge is 2.51. The number of hydrogen-bond donors (Lipinski definition) is 0. The smallest absolute Gasteiger partial charge is 0.254 e. The molecule has 2 heterocycles. The van der Waals surface area contributed by atoms with Gasteiger partial charge in [0.05, 0.1) is 11.0 Å². The molecule has 0 bridgehead atoms. The number of rotatable bonds is 2. The zero-order chi connectivity index (χ0) is 18.4. The van der Waals surface area contributed by atoms with Crippen LogP contribution >= 0.6 is 0 Å². The second-order valence-electron chi connectivity index (χ2n) is 7.22. The highest BCUT2D eigenvalue weighted by Crippen LogP contribution is 2.38. The summed E-state index contributed by atoms with van der Waals surface area (Å²) >= 11 is 0. The lowest BCUT2D eigenvalue weighted by Gasteiger charge is -2.33. The molecule has 0 saturated carbocycles. The summed E-state index contributed by atoms with van der Waals surface area (Å²) in [6, 6.07) is 7.30. The number of carbonyl (C=O) groups excluding carboxylic acids is 2. The number of benzene rings is 1. The fourth-order valence-electron chi connectivity index (χ4n) is 4.01. The largest absolute Gasteiger partial charge is 0.349 e. The van der Waals surface area contributed by atoms with Crippen LogP contribution in [0, 0.1) is 18.8 Å². The van der Waals surface area contributed by atoms with Gasteiger partial charge in [-0.15, -0.1) is 0 Å². The average molecular weight is 364 g/mol. The van der Waals surface area contributed by atoms with Gasteiger partial charge < -0.3 is 9.80 Å². The summed E-state index contributed by atoms with van der Waals surface area (Å²) in [7, 11) is 0.0965. The van der Waals surface area contributed by atoms with Crippen molar-refractivity contribution in [1.29, 1.82) is 0 Å². The summed E-state index contributed by atoms with van der Waals surface area (Å²) in [5, 5.41) is -0.636. The molecular weight excluding hydrogens is 340 g/mol. The Morgan fingerprint density at radius 3 is 2.48 bits per heavy atom. The van der Waals surface area contributed by atoms with E-state index in [-0.39, 0.29) is 35.9 Å². The summed E-state index contributed by atoms with van der Waals surface area (Å²) in [6.45, 7) is 2.37. The number of hydrogen-bond acceptors (Lipinski definition) is 4. The molecule has 25 heavy (non-hydrogen) atoms. The normalized spacial score (nSPS) is 27.6. The van der Waals surface area contributed by atoms with Crippen molar-refractivity contribution in [3.05, 3.63) is 35.4 Å². The van der Waals surface area contributed by atoms with Gasteiger partial charge in [0.2, 0.25) is 5.91 Å². The van der Waals surface area contributed by atoms with Crippen molar-refractivity contribution < 1.29 is 18.0 Å². The van der Waals surface area contributed by atoms with Crippen molar-refractivity contribution in [2.24, 2.45) is 11.8 Å². The van der Waals surface area contributed by atoms with Gasteiger partial charge in [-0.2, -0.15) is 0 Å². The standard InChI is InChI=1S/C18H24N2O4S/c1-12-6-4-5-7-13(12)18(22)20-10-15-14(17(21)19(2)3)8-9-25(23,24)16(15)11-20/h4-7,14-16H,8-11H2,1-3H3/t14-,15+,16+/m0/s1. The second-order valence-corrected chi connectivity index (χ2v) is 9.56. The first-order chi connectivity index (χ1) is 11.7. The lowest BCUT2D eigenvalue weighted by molar-refractivity contribution is -0.134. The molecule has 1 aromatic rings. The van der Waals surface area contributed by atoms with Gasteiger partial charge in [-0.1, -0.05) is 18.2 Å². The fourth-order valence-corrected chi connectivity index (χ4v) is 6.11. The van der Waals surface area contributed by atoms with Crippen LogP contribution in [0.1, 0.15) is 22.3 Å². The monoisotopic (exact) mass is 364 g/mol. The predicted molar refractivity (Wildman–Crippen MR) is 94.9 cm³/mol. The third-order valence-corrected chi connectivity index (χ3v) is 7.65. The van der Waals surface area contributed by atoms with Crippen LogP contribution in [-0.4, -0.2) is 68.2 Å². The molecule has 2 amide bonds. The van der Waals surface area contributed by atoms with Crippen LogP contribution in [0.4, 0.5) is 0 Å². The number of amides is 2. The van der Waals surface area contributed by atoms with Crippen LogP contribution in [0.15, 0.2) is 24.3 Å². The van der Waals surface area contributed by atoms with E-state index in [0.717, 1.165) is 5.56 Å². The molecule has 7 heteroatoms. The molecule has 2 aliphatic rings. The predicted octanol–water partition coefficient (Wildman–Crippen LogP) is 0.959. The highest BCUT2D eigenvalue weighted by atomic mass is 32.2. The summed E-state index contributed by atoms with van der Waals surface area (Å²) in [6.07, 6.45) is 0.340. The molecule has 6 nitrogen and oxygen atoms in total. The maximum absolute atomic E-state index is 12.9. The summed E-state index contributed by atoms with van der Waals surface area (Å²) in [5.74, 6) is -0.834. The van der Waals surface area contributed by atoms with Gasteiger partial charge in [-0.25, -0.2) is 8.42 Å². The number of nitrogens with zero attached hydrogens (tertiary/aromatic N) is 2. The second kappa shape index (κ2) is 6.44. The first kappa shape index (κ1) is 17.9. The molecule has 2 fully saturated rings. The Balaban J connectivity index is 1.89. The molecule has 0 unspecified atom stereocenters. The molecule has 1 aromatic carbocycles. The van der Waals surface area contributed by atoms with Gasteiger partial charge >= 0.3 is 0 Å². The van der Waals surface area contributed by atoms with Crippen molar-refractivity contribution in [2.75, 3.05) is 32.9 Å². The van der Waals surface area contributed by atoms with E-state index < -0.39 is 15.1 Å². The van der Waals surface area contributed by atoms with Crippen molar-refractivity contribution in [1.82, 2.24) is 9.80 Å². The Morgan fingerprint density at radius 1 is 1.16 bits per heavy atom. The number of sulfone groups is 1. The molecule has 3 atom stereocenters. The van der Waals surface area contributed by atoms with Crippen LogP contribution in [-0.2, 0) is 14.6 Å². The molecule has 0 aliphatic carbocycles. The van der Waals surface area contributed by atoms with Crippen LogP contribution in [0.25, 0.3) is 0 Å². The maximum atomic E-state index is 12.9. The van der Waals surface area contributed by atoms with Crippen molar-refractivity contribution in [2.45, 2.75) is 18.6 Å². The van der Waals surface area contributed by atoms with E-state index in [9.17, 15) is 18.0 Å². The average Bonchev–Trinajstić information content (AvgIpc) is 3.01. The Bertz CT molecular complexity index is 803.